The zero-order chi connectivity index (χ0) is 15.3. The summed E-state index contributed by atoms with van der Waals surface area (Å²) in [6.07, 6.45) is 8.80. The summed E-state index contributed by atoms with van der Waals surface area (Å²) >= 11 is 7.40. The molecule has 0 spiro atoms. The first kappa shape index (κ1) is 23.4. The second-order valence-corrected chi connectivity index (χ2v) is 7.83. The molecule has 2 aliphatic rings. The topological polar surface area (TPSA) is 0 Å². The molecule has 1 unspecified atom stereocenters. The number of rotatable bonds is 2. The van der Waals surface area contributed by atoms with Crippen LogP contribution in [0.2, 0.25) is 0 Å². The van der Waals surface area contributed by atoms with E-state index in [-0.39, 0.29) is 51.0 Å². The van der Waals surface area contributed by atoms with E-state index in [1.165, 1.54) is 37.9 Å². The molecule has 0 radical (unpaired) electrons. The third-order valence-corrected chi connectivity index (χ3v) is 6.00. The van der Waals surface area contributed by atoms with Gasteiger partial charge < -0.3 is 0 Å². The predicted octanol–water partition coefficient (Wildman–Crippen LogP) is 7.61. The maximum Gasteiger partial charge on any atom is 0.0216 e. The van der Waals surface area contributed by atoms with Gasteiger partial charge in [-0.1, -0.05) is 74.7 Å². The SMILES string of the molecule is CC(C1=CC=CC1)c1c(Br)ccc2c1Cc1cc(Br)ccc1-2.Cl.Cl.[Zr]. The Morgan fingerprint density at radius 2 is 1.72 bits per heavy atom. The third kappa shape index (κ3) is 4.27. The molecule has 4 rings (SSSR count). The van der Waals surface area contributed by atoms with Crippen LogP contribution >= 0.6 is 56.7 Å². The molecule has 2 aromatic rings. The van der Waals surface area contributed by atoms with E-state index in [1.807, 2.05) is 0 Å². The first-order valence-corrected chi connectivity index (χ1v) is 9.19. The molecular formula is C20H18Br2Cl2Zr. The van der Waals surface area contributed by atoms with Gasteiger partial charge in [0.25, 0.3) is 0 Å². The molecule has 0 N–H and O–H groups in total. The maximum absolute atomic E-state index is 3.80. The van der Waals surface area contributed by atoms with Crippen molar-refractivity contribution in [3.8, 4) is 11.1 Å². The Morgan fingerprint density at radius 3 is 2.40 bits per heavy atom. The van der Waals surface area contributed by atoms with Gasteiger partial charge in [0.2, 0.25) is 0 Å². The van der Waals surface area contributed by atoms with Crippen molar-refractivity contribution in [1.82, 2.24) is 0 Å². The van der Waals surface area contributed by atoms with Crippen molar-refractivity contribution in [3.63, 3.8) is 0 Å². The Hall–Kier alpha value is 0.343. The zero-order valence-electron chi connectivity index (χ0n) is 13.7. The Bertz CT molecular complexity index is 844. The summed E-state index contributed by atoms with van der Waals surface area (Å²) in [6, 6.07) is 11.1. The van der Waals surface area contributed by atoms with Gasteiger partial charge in [-0.2, -0.15) is 0 Å². The molecule has 130 valence electrons. The minimum absolute atomic E-state index is 0. The van der Waals surface area contributed by atoms with Crippen LogP contribution in [0.1, 0.15) is 36.0 Å². The van der Waals surface area contributed by atoms with Crippen LogP contribution in [-0.4, -0.2) is 0 Å². The first-order chi connectivity index (χ1) is 10.6. The van der Waals surface area contributed by atoms with Crippen molar-refractivity contribution in [3.05, 3.63) is 79.8 Å². The second-order valence-electron chi connectivity index (χ2n) is 6.06. The molecule has 0 saturated heterocycles. The molecule has 2 aromatic carbocycles. The molecule has 0 saturated carbocycles. The van der Waals surface area contributed by atoms with E-state index in [0.29, 0.717) is 5.92 Å². The molecule has 25 heavy (non-hydrogen) atoms. The Kier molecular flexibility index (Phi) is 8.90. The summed E-state index contributed by atoms with van der Waals surface area (Å²) in [5.74, 6) is 0.456. The minimum atomic E-state index is 0. The number of allylic oxidation sites excluding steroid dienone is 4. The Balaban J connectivity index is 0.00000104. The molecule has 5 heteroatoms. The molecular weight excluding hydrogens is 562 g/mol. The van der Waals surface area contributed by atoms with Gasteiger partial charge in [-0.25, -0.2) is 0 Å². The van der Waals surface area contributed by atoms with E-state index in [4.69, 9.17) is 0 Å². The predicted molar refractivity (Wildman–Crippen MR) is 115 cm³/mol. The van der Waals surface area contributed by atoms with Crippen molar-refractivity contribution in [1.29, 1.82) is 0 Å². The van der Waals surface area contributed by atoms with Crippen LogP contribution in [0.4, 0.5) is 0 Å². The van der Waals surface area contributed by atoms with Crippen molar-refractivity contribution >= 4 is 56.7 Å². The zero-order valence-corrected chi connectivity index (χ0v) is 20.9. The van der Waals surface area contributed by atoms with Crippen LogP contribution in [0.3, 0.4) is 0 Å². The largest absolute Gasteiger partial charge is 0.147 e. The van der Waals surface area contributed by atoms with Gasteiger partial charge in [0.05, 0.1) is 0 Å². The first-order valence-electron chi connectivity index (χ1n) is 7.61. The number of hydrogen-bond acceptors (Lipinski definition) is 0. The van der Waals surface area contributed by atoms with E-state index in [9.17, 15) is 0 Å². The standard InChI is InChI=1S/C20H16Br2.2ClH.Zr/c1-12(13-4-2-3-5-13)20-18-11-14-10-15(21)6-7-16(14)17(18)8-9-19(20)22;;;/h2-4,6-10,12H,5,11H2,1H3;2*1H;. The summed E-state index contributed by atoms with van der Waals surface area (Å²) in [6.45, 7) is 2.33. The van der Waals surface area contributed by atoms with E-state index in [1.54, 1.807) is 0 Å². The van der Waals surface area contributed by atoms with Crippen LogP contribution in [0.5, 0.6) is 0 Å². The van der Waals surface area contributed by atoms with Crippen molar-refractivity contribution in [2.45, 2.75) is 25.7 Å². The number of benzene rings is 2. The molecule has 0 nitrogen and oxygen atoms in total. The molecule has 0 aromatic heterocycles. The minimum Gasteiger partial charge on any atom is -0.147 e. The van der Waals surface area contributed by atoms with E-state index in [2.05, 4.69) is 87.3 Å². The summed E-state index contributed by atoms with van der Waals surface area (Å²) in [5, 5.41) is 0. The van der Waals surface area contributed by atoms with Crippen LogP contribution in [0, 0.1) is 0 Å². The average molecular weight is 580 g/mol. The van der Waals surface area contributed by atoms with Gasteiger partial charge in [-0.05, 0) is 58.9 Å². The van der Waals surface area contributed by atoms with Gasteiger partial charge in [0.1, 0.15) is 0 Å². The molecule has 0 bridgehead atoms. The smallest absolute Gasteiger partial charge is 0.0216 e. The van der Waals surface area contributed by atoms with Crippen molar-refractivity contribution in [2.24, 2.45) is 0 Å². The molecule has 2 aliphatic carbocycles. The normalized spacial score (nSPS) is 14.4. The quantitative estimate of drug-likeness (QED) is 0.293. The Morgan fingerprint density at radius 1 is 1.00 bits per heavy atom. The monoisotopic (exact) mass is 576 g/mol. The van der Waals surface area contributed by atoms with Crippen LogP contribution < -0.4 is 0 Å². The molecule has 0 amide bonds. The van der Waals surface area contributed by atoms with E-state index < -0.39 is 0 Å². The number of hydrogen-bond donors (Lipinski definition) is 0. The summed E-state index contributed by atoms with van der Waals surface area (Å²) in [5.41, 5.74) is 8.67. The summed E-state index contributed by atoms with van der Waals surface area (Å²) < 4.78 is 2.40. The van der Waals surface area contributed by atoms with Crippen LogP contribution in [-0.2, 0) is 32.6 Å². The fraction of sp³-hybridized carbons (Fsp3) is 0.200. The summed E-state index contributed by atoms with van der Waals surface area (Å²) in [4.78, 5) is 0. The van der Waals surface area contributed by atoms with Crippen molar-refractivity contribution in [2.75, 3.05) is 0 Å². The van der Waals surface area contributed by atoms with E-state index >= 15 is 0 Å². The van der Waals surface area contributed by atoms with Crippen LogP contribution in [0.15, 0.2) is 63.1 Å². The van der Waals surface area contributed by atoms with Gasteiger partial charge >= 0.3 is 0 Å². The van der Waals surface area contributed by atoms with Crippen molar-refractivity contribution < 1.29 is 26.2 Å². The Labute approximate surface area is 197 Å². The van der Waals surface area contributed by atoms with Gasteiger partial charge in [-0.15, -0.1) is 24.8 Å². The molecule has 0 heterocycles. The second kappa shape index (κ2) is 9.51. The molecule has 1 atom stereocenters. The van der Waals surface area contributed by atoms with E-state index in [0.717, 1.165) is 17.3 Å². The van der Waals surface area contributed by atoms with Crippen LogP contribution in [0.25, 0.3) is 11.1 Å². The molecule has 0 fully saturated rings. The maximum atomic E-state index is 3.80. The van der Waals surface area contributed by atoms with Gasteiger partial charge in [0, 0.05) is 41.1 Å². The van der Waals surface area contributed by atoms with Gasteiger partial charge in [-0.3, -0.25) is 0 Å². The molecule has 0 aliphatic heterocycles. The fourth-order valence-electron chi connectivity index (χ4n) is 3.68. The number of fused-ring (bicyclic) bond motifs is 3. The summed E-state index contributed by atoms with van der Waals surface area (Å²) in [7, 11) is 0. The van der Waals surface area contributed by atoms with Gasteiger partial charge in [0.15, 0.2) is 0 Å². The third-order valence-electron chi connectivity index (χ3n) is 4.82. The fourth-order valence-corrected chi connectivity index (χ4v) is 4.80. The average Bonchev–Trinajstić information content (AvgIpc) is 3.13. The number of halogens is 4.